The van der Waals surface area contributed by atoms with E-state index in [1.54, 1.807) is 0 Å². The topological polar surface area (TPSA) is 53.0 Å². The van der Waals surface area contributed by atoms with E-state index in [9.17, 15) is 9.90 Å². The molecule has 1 amide bonds. The van der Waals surface area contributed by atoms with Gasteiger partial charge in [0.2, 0.25) is 0 Å². The number of ether oxygens (including phenoxy) is 1. The molecule has 5 heteroatoms. The second kappa shape index (κ2) is 6.53. The smallest absolute Gasteiger partial charge is 0.410 e. The quantitative estimate of drug-likeness (QED) is 0.865. The van der Waals surface area contributed by atoms with Gasteiger partial charge in [-0.2, -0.15) is 0 Å². The molecule has 0 bridgehead atoms. The van der Waals surface area contributed by atoms with Crippen molar-refractivity contribution < 1.29 is 14.6 Å². The fourth-order valence-corrected chi connectivity index (χ4v) is 3.30. The van der Waals surface area contributed by atoms with Gasteiger partial charge in [-0.1, -0.05) is 0 Å². The molecule has 2 heterocycles. The third kappa shape index (κ3) is 4.85. The number of piperidine rings is 1. The van der Waals surface area contributed by atoms with Gasteiger partial charge in [-0.15, -0.1) is 0 Å². The standard InChI is InChI=1S/C16H30N2O3/c1-12(19)8-17-7-5-6-13(9-17)14-10-18(11-14)15(20)21-16(2,3)4/h12-14,19H,5-11H2,1-4H3/t12?,13-/m0/s1. The van der Waals surface area contributed by atoms with Gasteiger partial charge in [-0.25, -0.2) is 4.79 Å². The number of aliphatic hydroxyl groups is 1. The Bertz CT molecular complexity index is 359. The predicted octanol–water partition coefficient (Wildman–Crippen LogP) is 1.95. The van der Waals surface area contributed by atoms with Gasteiger partial charge in [0.25, 0.3) is 0 Å². The van der Waals surface area contributed by atoms with E-state index < -0.39 is 5.60 Å². The van der Waals surface area contributed by atoms with E-state index in [1.807, 2.05) is 32.6 Å². The maximum atomic E-state index is 11.9. The normalized spacial score (nSPS) is 26.3. The number of carbonyl (C=O) groups excluding carboxylic acids is 1. The van der Waals surface area contributed by atoms with Crippen LogP contribution in [0.25, 0.3) is 0 Å². The molecule has 1 unspecified atom stereocenters. The molecule has 0 aromatic heterocycles. The molecule has 0 aromatic carbocycles. The first-order chi connectivity index (χ1) is 9.74. The second-order valence-electron chi connectivity index (χ2n) is 7.66. The Morgan fingerprint density at radius 1 is 1.29 bits per heavy atom. The lowest BCUT2D eigenvalue weighted by Gasteiger charge is -2.46. The highest BCUT2D eigenvalue weighted by molar-refractivity contribution is 5.69. The van der Waals surface area contributed by atoms with Crippen molar-refractivity contribution in [1.29, 1.82) is 0 Å². The van der Waals surface area contributed by atoms with Crippen molar-refractivity contribution in [2.75, 3.05) is 32.7 Å². The lowest BCUT2D eigenvalue weighted by atomic mass is 9.81. The SMILES string of the molecule is CC(O)CN1CCC[C@H](C2CN(C(=O)OC(C)(C)C)C2)C1. The lowest BCUT2D eigenvalue weighted by molar-refractivity contribution is -0.0217. The number of amides is 1. The van der Waals surface area contributed by atoms with Gasteiger partial charge >= 0.3 is 6.09 Å². The molecular weight excluding hydrogens is 268 g/mol. The summed E-state index contributed by atoms with van der Waals surface area (Å²) in [4.78, 5) is 16.1. The van der Waals surface area contributed by atoms with Gasteiger partial charge in [0.05, 0.1) is 6.10 Å². The molecule has 0 spiro atoms. The van der Waals surface area contributed by atoms with Crippen LogP contribution in [-0.4, -0.2) is 65.4 Å². The highest BCUT2D eigenvalue weighted by Crippen LogP contribution is 2.31. The summed E-state index contributed by atoms with van der Waals surface area (Å²) in [6, 6.07) is 0. The number of aliphatic hydroxyl groups excluding tert-OH is 1. The van der Waals surface area contributed by atoms with Crippen molar-refractivity contribution in [2.24, 2.45) is 11.8 Å². The summed E-state index contributed by atoms with van der Waals surface area (Å²) in [6.07, 6.45) is 1.99. The van der Waals surface area contributed by atoms with Gasteiger partial charge in [0.15, 0.2) is 0 Å². The number of nitrogens with zero attached hydrogens (tertiary/aromatic N) is 2. The minimum Gasteiger partial charge on any atom is -0.444 e. The monoisotopic (exact) mass is 298 g/mol. The molecule has 2 rings (SSSR count). The highest BCUT2D eigenvalue weighted by Gasteiger charge is 2.39. The molecule has 122 valence electrons. The van der Waals surface area contributed by atoms with Crippen molar-refractivity contribution >= 4 is 6.09 Å². The van der Waals surface area contributed by atoms with Crippen LogP contribution in [0.2, 0.25) is 0 Å². The predicted molar refractivity (Wildman–Crippen MR) is 82.1 cm³/mol. The van der Waals surface area contributed by atoms with Crippen molar-refractivity contribution in [3.63, 3.8) is 0 Å². The molecule has 2 saturated heterocycles. The Morgan fingerprint density at radius 2 is 1.95 bits per heavy atom. The van der Waals surface area contributed by atoms with E-state index in [0.29, 0.717) is 11.8 Å². The number of likely N-dealkylation sites (tertiary alicyclic amines) is 2. The van der Waals surface area contributed by atoms with Crippen molar-refractivity contribution in [3.05, 3.63) is 0 Å². The molecule has 2 aliphatic rings. The zero-order valence-electron chi connectivity index (χ0n) is 13.8. The van der Waals surface area contributed by atoms with Crippen LogP contribution in [0.5, 0.6) is 0 Å². The number of rotatable bonds is 3. The minimum absolute atomic E-state index is 0.185. The molecular formula is C16H30N2O3. The Labute approximate surface area is 128 Å². The van der Waals surface area contributed by atoms with Crippen LogP contribution in [-0.2, 0) is 4.74 Å². The van der Waals surface area contributed by atoms with E-state index in [1.165, 1.54) is 12.8 Å². The average molecular weight is 298 g/mol. The van der Waals surface area contributed by atoms with E-state index >= 15 is 0 Å². The van der Waals surface area contributed by atoms with Crippen LogP contribution in [0.4, 0.5) is 4.79 Å². The van der Waals surface area contributed by atoms with Gasteiger partial charge in [-0.05, 0) is 58.9 Å². The minimum atomic E-state index is -0.416. The molecule has 0 saturated carbocycles. The summed E-state index contributed by atoms with van der Waals surface area (Å²) in [5.74, 6) is 1.24. The second-order valence-corrected chi connectivity index (χ2v) is 7.66. The molecule has 0 aromatic rings. The average Bonchev–Trinajstić information content (AvgIpc) is 2.23. The van der Waals surface area contributed by atoms with Gasteiger partial charge in [0.1, 0.15) is 5.60 Å². The third-order valence-corrected chi connectivity index (χ3v) is 4.29. The summed E-state index contributed by atoms with van der Waals surface area (Å²) < 4.78 is 5.39. The fraction of sp³-hybridized carbons (Fsp3) is 0.938. The maximum Gasteiger partial charge on any atom is 0.410 e. The first kappa shape index (κ1) is 16.6. The zero-order valence-corrected chi connectivity index (χ0v) is 13.8. The summed E-state index contributed by atoms with van der Waals surface area (Å²) in [6.45, 7) is 12.1. The molecule has 2 aliphatic heterocycles. The van der Waals surface area contributed by atoms with Crippen molar-refractivity contribution in [2.45, 2.75) is 52.2 Å². The van der Waals surface area contributed by atoms with E-state index in [-0.39, 0.29) is 12.2 Å². The third-order valence-electron chi connectivity index (χ3n) is 4.29. The van der Waals surface area contributed by atoms with Crippen LogP contribution in [0.15, 0.2) is 0 Å². The van der Waals surface area contributed by atoms with Crippen LogP contribution in [0, 0.1) is 11.8 Å². The maximum absolute atomic E-state index is 11.9. The molecule has 0 aliphatic carbocycles. The Hall–Kier alpha value is -0.810. The first-order valence-electron chi connectivity index (χ1n) is 8.13. The Balaban J connectivity index is 1.75. The highest BCUT2D eigenvalue weighted by atomic mass is 16.6. The van der Waals surface area contributed by atoms with E-state index in [0.717, 1.165) is 32.7 Å². The molecule has 21 heavy (non-hydrogen) atoms. The Kier molecular flexibility index (Phi) is 5.15. The number of carbonyl (C=O) groups is 1. The summed E-state index contributed by atoms with van der Waals surface area (Å²) in [7, 11) is 0. The van der Waals surface area contributed by atoms with Crippen molar-refractivity contribution in [3.8, 4) is 0 Å². The molecule has 2 fully saturated rings. The van der Waals surface area contributed by atoms with Crippen LogP contribution in [0.1, 0.15) is 40.5 Å². The summed E-state index contributed by atoms with van der Waals surface area (Å²) >= 11 is 0. The van der Waals surface area contributed by atoms with E-state index in [2.05, 4.69) is 4.90 Å². The molecule has 5 nitrogen and oxygen atoms in total. The summed E-state index contributed by atoms with van der Waals surface area (Å²) in [5.41, 5.74) is -0.416. The van der Waals surface area contributed by atoms with Gasteiger partial charge < -0.3 is 19.6 Å². The number of β-amino-alcohol motifs (C(OH)–C–C–N with tert-alkyl or cyclic N) is 1. The summed E-state index contributed by atoms with van der Waals surface area (Å²) in [5, 5.41) is 9.51. The fourth-order valence-electron chi connectivity index (χ4n) is 3.30. The number of hydrogen-bond acceptors (Lipinski definition) is 4. The van der Waals surface area contributed by atoms with E-state index in [4.69, 9.17) is 4.74 Å². The van der Waals surface area contributed by atoms with Crippen LogP contribution < -0.4 is 0 Å². The van der Waals surface area contributed by atoms with Crippen LogP contribution in [0.3, 0.4) is 0 Å². The molecule has 0 radical (unpaired) electrons. The molecule has 1 N–H and O–H groups in total. The lowest BCUT2D eigenvalue weighted by Crippen LogP contribution is -2.56. The largest absolute Gasteiger partial charge is 0.444 e. The number of hydrogen-bond donors (Lipinski definition) is 1. The van der Waals surface area contributed by atoms with Crippen molar-refractivity contribution in [1.82, 2.24) is 9.80 Å². The van der Waals surface area contributed by atoms with Crippen LogP contribution >= 0.6 is 0 Å². The molecule has 2 atom stereocenters. The van der Waals surface area contributed by atoms with Gasteiger partial charge in [-0.3, -0.25) is 0 Å². The van der Waals surface area contributed by atoms with Gasteiger partial charge in [0, 0.05) is 26.2 Å². The zero-order chi connectivity index (χ0) is 15.6. The first-order valence-corrected chi connectivity index (χ1v) is 8.13. The Morgan fingerprint density at radius 3 is 2.52 bits per heavy atom.